The maximum Gasteiger partial charge on any atom is 0.338 e. The third kappa shape index (κ3) is 17.2. The number of carbonyl (C=O) groups excluding carboxylic acids is 3. The van der Waals surface area contributed by atoms with Crippen LogP contribution in [0.3, 0.4) is 0 Å². The van der Waals surface area contributed by atoms with Crippen molar-refractivity contribution >= 4 is 46.7 Å². The Balaban J connectivity index is 0.000000219. The molecule has 0 aliphatic heterocycles. The Morgan fingerprint density at radius 1 is 0.507 bits per heavy atom. The van der Waals surface area contributed by atoms with Gasteiger partial charge in [0.1, 0.15) is 0 Å². The second kappa shape index (κ2) is 28.1. The van der Waals surface area contributed by atoms with Crippen LogP contribution >= 0.6 is 0 Å². The smallest absolute Gasteiger partial charge is 0.338 e. The van der Waals surface area contributed by atoms with Gasteiger partial charge in [-0.2, -0.15) is 0 Å². The van der Waals surface area contributed by atoms with Crippen molar-refractivity contribution in [2.75, 3.05) is 0 Å². The molecule has 2 unspecified atom stereocenters. The quantitative estimate of drug-likeness (QED) is 0.0713. The Morgan fingerprint density at radius 3 is 1.36 bits per heavy atom. The second-order valence-electron chi connectivity index (χ2n) is 18.4. The van der Waals surface area contributed by atoms with Crippen LogP contribution in [0.25, 0.3) is 22.3 Å². The maximum absolute atomic E-state index is 12.2. The number of benzene rings is 4. The van der Waals surface area contributed by atoms with Crippen LogP contribution in [0.5, 0.6) is 0 Å². The Kier molecular flexibility index (Phi) is 21.7. The molecule has 0 heterocycles. The summed E-state index contributed by atoms with van der Waals surface area (Å²) in [4.78, 5) is 60.7. The third-order valence-corrected chi connectivity index (χ3v) is 13.3. The van der Waals surface area contributed by atoms with Gasteiger partial charge in [0.05, 0.1) is 29.0 Å². The van der Waals surface area contributed by atoms with E-state index < -0.39 is 17.9 Å². The summed E-state index contributed by atoms with van der Waals surface area (Å²) < 4.78 is 0. The predicted molar refractivity (Wildman–Crippen MR) is 273 cm³/mol. The van der Waals surface area contributed by atoms with Gasteiger partial charge in [0.15, 0.2) is 0 Å². The molecule has 3 aliphatic carbocycles. The lowest BCUT2D eigenvalue weighted by Crippen LogP contribution is -2.33. The van der Waals surface area contributed by atoms with Crippen LogP contribution < -0.4 is 0 Å². The number of rotatable bonds is 14. The minimum atomic E-state index is -0.602. The average Bonchev–Trinajstić information content (AvgIpc) is 3.39. The fourth-order valence-electron chi connectivity index (χ4n) is 9.18. The van der Waals surface area contributed by atoms with Crippen molar-refractivity contribution in [3.05, 3.63) is 120 Å². The van der Waals surface area contributed by atoms with E-state index in [0.29, 0.717) is 22.8 Å². The SMILES string of the molecule is C/C(=N\OC(=O)C1CCCCC1)C(C)C(=N)c1ccc(-c2ccccc2)cc1.CC(=O)O/N=C(\c1ccc(-c2ccccc2)cc1)C(/C(C)=N/OC(C)=O)C1CCCCC1.O=C(O)C1CCCCC1. The molecule has 3 saturated carbocycles. The largest absolute Gasteiger partial charge is 0.481 e. The number of nitrogens with one attached hydrogen (secondary N) is 1. The highest BCUT2D eigenvalue weighted by Crippen LogP contribution is 2.34. The summed E-state index contributed by atoms with van der Waals surface area (Å²) in [5.41, 5.74) is 8.55. The van der Waals surface area contributed by atoms with E-state index in [1.165, 1.54) is 33.1 Å². The molecule has 3 aliphatic rings. The first kappa shape index (κ1) is 53.4. The molecule has 0 amide bonds. The van der Waals surface area contributed by atoms with E-state index in [1.54, 1.807) is 0 Å². The van der Waals surface area contributed by atoms with E-state index in [-0.39, 0.29) is 35.6 Å². The molecular formula is C57H70N4O8. The number of carboxylic acid groups (broad SMARTS) is 1. The van der Waals surface area contributed by atoms with Gasteiger partial charge in [-0.3, -0.25) is 4.79 Å². The summed E-state index contributed by atoms with van der Waals surface area (Å²) in [6.07, 6.45) is 15.9. The lowest BCUT2D eigenvalue weighted by molar-refractivity contribution is -0.149. The number of oxime groups is 3. The first-order valence-electron chi connectivity index (χ1n) is 24.7. The molecular weight excluding hydrogens is 869 g/mol. The summed E-state index contributed by atoms with van der Waals surface area (Å²) in [6.45, 7) is 8.22. The van der Waals surface area contributed by atoms with E-state index in [2.05, 4.69) is 39.7 Å². The van der Waals surface area contributed by atoms with Crippen LogP contribution in [0.15, 0.2) is 125 Å². The van der Waals surface area contributed by atoms with E-state index >= 15 is 0 Å². The zero-order chi connectivity index (χ0) is 49.5. The van der Waals surface area contributed by atoms with Crippen LogP contribution in [0.4, 0.5) is 0 Å². The molecule has 2 atom stereocenters. The van der Waals surface area contributed by atoms with Gasteiger partial charge < -0.3 is 25.0 Å². The van der Waals surface area contributed by atoms with Crippen molar-refractivity contribution in [2.24, 2.45) is 45.1 Å². The average molecular weight is 939 g/mol. The molecule has 2 N–H and O–H groups in total. The zero-order valence-electron chi connectivity index (χ0n) is 41.0. The van der Waals surface area contributed by atoms with E-state index in [0.717, 1.165) is 110 Å². The Bertz CT molecular complexity index is 2360. The minimum Gasteiger partial charge on any atom is -0.481 e. The monoisotopic (exact) mass is 939 g/mol. The summed E-state index contributed by atoms with van der Waals surface area (Å²) in [7, 11) is 0. The zero-order valence-corrected chi connectivity index (χ0v) is 41.0. The highest BCUT2D eigenvalue weighted by atomic mass is 16.7. The number of hydrogen-bond donors (Lipinski definition) is 2. The van der Waals surface area contributed by atoms with Crippen LogP contribution in [-0.2, 0) is 33.7 Å². The Labute approximate surface area is 408 Å². The van der Waals surface area contributed by atoms with Gasteiger partial charge in [-0.15, -0.1) is 0 Å². The fourth-order valence-corrected chi connectivity index (χ4v) is 9.18. The first-order valence-corrected chi connectivity index (χ1v) is 24.7. The minimum absolute atomic E-state index is 0.0226. The van der Waals surface area contributed by atoms with Gasteiger partial charge in [0.2, 0.25) is 0 Å². The second-order valence-corrected chi connectivity index (χ2v) is 18.4. The molecule has 0 radical (unpaired) electrons. The van der Waals surface area contributed by atoms with Crippen LogP contribution in [0, 0.1) is 35.0 Å². The molecule has 3 fully saturated rings. The van der Waals surface area contributed by atoms with E-state index in [1.807, 2.05) is 106 Å². The number of carbonyl (C=O) groups is 4. The molecule has 0 saturated heterocycles. The van der Waals surface area contributed by atoms with Crippen molar-refractivity contribution in [3.8, 4) is 22.3 Å². The normalized spacial score (nSPS) is 17.1. The molecule has 7 rings (SSSR count). The Morgan fingerprint density at radius 2 is 0.913 bits per heavy atom. The van der Waals surface area contributed by atoms with Crippen LogP contribution in [-0.4, -0.2) is 51.8 Å². The van der Waals surface area contributed by atoms with Gasteiger partial charge in [0.25, 0.3) is 0 Å². The summed E-state index contributed by atoms with van der Waals surface area (Å²) in [5.74, 6) is -2.02. The molecule has 0 bridgehead atoms. The standard InChI is InChI=1S/C26H30N2O4.C24H28N2O2.C7H12O2/c1-18(27-31-19(2)29)25(23-12-8-5-9-13-23)26(28-32-20(3)30)24-16-14-22(15-17-24)21-10-6-4-7-11-21;1-17(18(2)26-28-24(27)22-11-7-4-8-12-22)23(25)21-15-13-20(14-16-21)19-9-5-3-6-10-19;8-7(9)6-4-2-1-3-5-6/h4,6-7,10-11,14-17,23,25H,5,8-9,12-13H2,1-3H3;3,5-6,9-10,13-17,22,25H,4,7-8,11-12H2,1-2H3;6H,1-5H2,(H,8,9)/b27-18+,28-26+;25-23?,26-18+;. The molecule has 0 aromatic heterocycles. The number of aliphatic carboxylic acids is 1. The topological polar surface area (TPSA) is 177 Å². The van der Waals surface area contributed by atoms with Crippen molar-refractivity contribution in [3.63, 3.8) is 0 Å². The number of carboxylic acids is 1. The molecule has 12 heteroatoms. The van der Waals surface area contributed by atoms with E-state index in [4.69, 9.17) is 25.0 Å². The van der Waals surface area contributed by atoms with Gasteiger partial charge in [-0.1, -0.05) is 189 Å². The van der Waals surface area contributed by atoms with Gasteiger partial charge in [-0.25, -0.2) is 14.4 Å². The molecule has 4 aromatic carbocycles. The summed E-state index contributed by atoms with van der Waals surface area (Å²) in [6, 6.07) is 36.3. The van der Waals surface area contributed by atoms with Crippen LogP contribution in [0.1, 0.15) is 142 Å². The van der Waals surface area contributed by atoms with E-state index in [9.17, 15) is 19.2 Å². The van der Waals surface area contributed by atoms with Gasteiger partial charge >= 0.3 is 23.9 Å². The molecule has 12 nitrogen and oxygen atoms in total. The highest BCUT2D eigenvalue weighted by molar-refractivity contribution is 6.15. The number of nitrogens with zero attached hydrogens (tertiary/aromatic N) is 3. The number of hydrogen-bond acceptors (Lipinski definition) is 11. The highest BCUT2D eigenvalue weighted by Gasteiger charge is 2.33. The Hall–Kier alpha value is -6.56. The summed E-state index contributed by atoms with van der Waals surface area (Å²) in [5, 5.41) is 29.4. The van der Waals surface area contributed by atoms with Gasteiger partial charge in [-0.05, 0) is 86.1 Å². The predicted octanol–water partition coefficient (Wildman–Crippen LogP) is 13.3. The van der Waals surface area contributed by atoms with Crippen molar-refractivity contribution in [1.82, 2.24) is 0 Å². The lowest BCUT2D eigenvalue weighted by Gasteiger charge is -2.30. The van der Waals surface area contributed by atoms with Crippen molar-refractivity contribution in [2.45, 2.75) is 131 Å². The van der Waals surface area contributed by atoms with Crippen molar-refractivity contribution in [1.29, 1.82) is 5.41 Å². The van der Waals surface area contributed by atoms with Gasteiger partial charge in [0, 0.05) is 37.0 Å². The fraction of sp³-hybridized carbons (Fsp3) is 0.439. The van der Waals surface area contributed by atoms with Crippen molar-refractivity contribution < 1.29 is 38.8 Å². The first-order chi connectivity index (χ1) is 33.3. The molecule has 69 heavy (non-hydrogen) atoms. The summed E-state index contributed by atoms with van der Waals surface area (Å²) >= 11 is 0. The molecule has 0 spiro atoms. The third-order valence-electron chi connectivity index (χ3n) is 13.3. The molecule has 4 aromatic rings. The van der Waals surface area contributed by atoms with Crippen LogP contribution in [0.2, 0.25) is 0 Å². The molecule has 366 valence electrons. The lowest BCUT2D eigenvalue weighted by atomic mass is 9.74. The maximum atomic E-state index is 12.2.